The molecule has 0 spiro atoms. The minimum absolute atomic E-state index is 0.143. The van der Waals surface area contributed by atoms with E-state index < -0.39 is 5.60 Å². The number of ketones is 1. The fourth-order valence-electron chi connectivity index (χ4n) is 3.85. The third-order valence-corrected chi connectivity index (χ3v) is 5.77. The molecule has 0 aromatic heterocycles. The highest BCUT2D eigenvalue weighted by molar-refractivity contribution is 6.04. The summed E-state index contributed by atoms with van der Waals surface area (Å²) in [5, 5.41) is 11.2. The number of hydrogen-bond donors (Lipinski definition) is 1. The molecule has 0 heterocycles. The number of aliphatic hydroxyl groups is 1. The minimum Gasteiger partial charge on any atom is -0.373 e. The van der Waals surface area contributed by atoms with Gasteiger partial charge in [-0.25, -0.2) is 0 Å². The Hall–Kier alpha value is -3.01. The Morgan fingerprint density at radius 2 is 1.50 bits per heavy atom. The highest BCUT2D eigenvalue weighted by atomic mass is 16.3. The molecule has 0 amide bonds. The summed E-state index contributed by atoms with van der Waals surface area (Å²) >= 11 is 0. The van der Waals surface area contributed by atoms with Gasteiger partial charge in [-0.1, -0.05) is 106 Å². The molecule has 1 N–H and O–H groups in total. The van der Waals surface area contributed by atoms with E-state index in [0.717, 1.165) is 12.1 Å². The van der Waals surface area contributed by atoms with Crippen molar-refractivity contribution >= 4 is 5.78 Å². The van der Waals surface area contributed by atoms with E-state index in [4.69, 9.17) is 0 Å². The lowest BCUT2D eigenvalue weighted by Gasteiger charge is -2.25. The first-order valence-corrected chi connectivity index (χ1v) is 11.0. The topological polar surface area (TPSA) is 40.5 Å². The first kappa shape index (κ1) is 23.6. The summed E-state index contributed by atoms with van der Waals surface area (Å²) in [4.78, 5) is 15.3. The summed E-state index contributed by atoms with van der Waals surface area (Å²) in [6.07, 6.45) is 1.32. The van der Waals surface area contributed by atoms with Crippen LogP contribution in [0.1, 0.15) is 53.4 Å². The summed E-state index contributed by atoms with van der Waals surface area (Å²) in [6, 6.07) is 25.2. The number of nitrogens with zero attached hydrogens (tertiary/aromatic N) is 1. The van der Waals surface area contributed by atoms with Crippen molar-refractivity contribution in [1.29, 1.82) is 0 Å². The molecular weight excluding hydrogens is 394 g/mol. The second-order valence-electron chi connectivity index (χ2n) is 9.49. The number of hydrogen-bond acceptors (Lipinski definition) is 3. The zero-order valence-electron chi connectivity index (χ0n) is 19.5. The Labute approximate surface area is 192 Å². The third-order valence-electron chi connectivity index (χ3n) is 5.77. The van der Waals surface area contributed by atoms with Gasteiger partial charge in [0.25, 0.3) is 0 Å². The molecule has 166 valence electrons. The van der Waals surface area contributed by atoms with Gasteiger partial charge in [-0.05, 0) is 40.8 Å². The molecule has 3 aromatic rings. The molecule has 3 heteroatoms. The van der Waals surface area contributed by atoms with Crippen LogP contribution in [0.5, 0.6) is 0 Å². The maximum Gasteiger partial charge on any atom is 0.202 e. The number of carbonyl (C=O) groups excluding carboxylic acids is 1. The van der Waals surface area contributed by atoms with Crippen LogP contribution in [0.15, 0.2) is 91.5 Å². The third kappa shape index (κ3) is 5.42. The molecule has 32 heavy (non-hydrogen) atoms. The predicted octanol–water partition coefficient (Wildman–Crippen LogP) is 5.87. The molecule has 1 unspecified atom stereocenters. The quantitative estimate of drug-likeness (QED) is 0.361. The predicted molar refractivity (Wildman–Crippen MR) is 132 cm³/mol. The molecule has 0 fully saturated rings. The van der Waals surface area contributed by atoms with Crippen molar-refractivity contribution in [3.05, 3.63) is 119 Å². The number of benzene rings is 3. The lowest BCUT2D eigenvalue weighted by atomic mass is 9.85. The molecule has 1 atom stereocenters. The fourth-order valence-corrected chi connectivity index (χ4v) is 3.85. The van der Waals surface area contributed by atoms with Crippen molar-refractivity contribution in [2.45, 2.75) is 44.9 Å². The van der Waals surface area contributed by atoms with Crippen LogP contribution in [0, 0.1) is 0 Å². The van der Waals surface area contributed by atoms with E-state index in [9.17, 15) is 9.90 Å². The fraction of sp³-hybridized carbons (Fsp3) is 0.276. The molecule has 3 rings (SSSR count). The van der Waals surface area contributed by atoms with E-state index in [1.807, 2.05) is 24.3 Å². The van der Waals surface area contributed by atoms with Crippen LogP contribution in [-0.2, 0) is 24.1 Å². The zero-order valence-corrected chi connectivity index (χ0v) is 19.5. The maximum absolute atomic E-state index is 13.0. The molecule has 0 aliphatic heterocycles. The van der Waals surface area contributed by atoms with E-state index in [1.165, 1.54) is 17.2 Å². The summed E-state index contributed by atoms with van der Waals surface area (Å²) in [5.41, 5.74) is 2.96. The number of Topliss-reactive ketones (excluding diaryl/α,β-unsaturated/α-hetero) is 1. The molecule has 0 radical (unpaired) electrons. The Kier molecular flexibility index (Phi) is 7.12. The Morgan fingerprint density at radius 1 is 0.875 bits per heavy atom. The smallest absolute Gasteiger partial charge is 0.202 e. The van der Waals surface area contributed by atoms with Crippen molar-refractivity contribution in [3.63, 3.8) is 0 Å². The van der Waals surface area contributed by atoms with Gasteiger partial charge in [0.05, 0.1) is 0 Å². The van der Waals surface area contributed by atoms with Crippen molar-refractivity contribution in [1.82, 2.24) is 4.90 Å². The van der Waals surface area contributed by atoms with Crippen LogP contribution in [0.4, 0.5) is 0 Å². The van der Waals surface area contributed by atoms with E-state index in [-0.39, 0.29) is 11.2 Å². The van der Waals surface area contributed by atoms with Crippen molar-refractivity contribution in [3.8, 4) is 0 Å². The summed E-state index contributed by atoms with van der Waals surface area (Å²) in [7, 11) is 2.07. The Morgan fingerprint density at radius 3 is 2.09 bits per heavy atom. The molecular formula is C29H33NO2. The van der Waals surface area contributed by atoms with Crippen molar-refractivity contribution in [2.24, 2.45) is 0 Å². The van der Waals surface area contributed by atoms with Crippen LogP contribution in [0.3, 0.4) is 0 Å². The lowest BCUT2D eigenvalue weighted by molar-refractivity contribution is 0.0519. The first-order chi connectivity index (χ1) is 15.1. The lowest BCUT2D eigenvalue weighted by Crippen LogP contribution is -2.33. The second kappa shape index (κ2) is 9.64. The maximum atomic E-state index is 13.0. The average molecular weight is 428 g/mol. The van der Waals surface area contributed by atoms with Gasteiger partial charge in [0.1, 0.15) is 0 Å². The standard InChI is InChI=1S/C29H33NO2/c1-6-29(32,27(31)24-12-8-7-9-13-24)26-14-10-11-23(19-26)21-30(5)20-22-15-17-25(18-16-22)28(2,3)4/h6-19,32H,1,20-21H2,2-5H3. The number of carbonyl (C=O) groups is 1. The van der Waals surface area contributed by atoms with Crippen LogP contribution >= 0.6 is 0 Å². The normalized spacial score (nSPS) is 13.6. The Bertz CT molecular complexity index is 1060. The van der Waals surface area contributed by atoms with Gasteiger partial charge in [-0.2, -0.15) is 0 Å². The van der Waals surface area contributed by atoms with E-state index >= 15 is 0 Å². The van der Waals surface area contributed by atoms with E-state index in [2.05, 4.69) is 63.6 Å². The van der Waals surface area contributed by atoms with E-state index in [1.54, 1.807) is 30.3 Å². The van der Waals surface area contributed by atoms with Gasteiger partial charge in [0.2, 0.25) is 5.78 Å². The first-order valence-electron chi connectivity index (χ1n) is 11.0. The van der Waals surface area contributed by atoms with Crippen molar-refractivity contribution in [2.75, 3.05) is 7.05 Å². The summed E-state index contributed by atoms with van der Waals surface area (Å²) in [6.45, 7) is 11.9. The van der Waals surface area contributed by atoms with Gasteiger partial charge in [-0.3, -0.25) is 9.69 Å². The highest BCUT2D eigenvalue weighted by Gasteiger charge is 2.35. The summed E-state index contributed by atoms with van der Waals surface area (Å²) < 4.78 is 0. The molecule has 0 saturated heterocycles. The molecule has 3 aromatic carbocycles. The SMILES string of the molecule is C=CC(O)(C(=O)c1ccccc1)c1cccc(CN(C)Cc2ccc(C(C)(C)C)cc2)c1. The minimum atomic E-state index is -1.77. The molecule has 0 aliphatic rings. The van der Waals surface area contributed by atoms with E-state index in [0.29, 0.717) is 17.7 Å². The Balaban J connectivity index is 1.75. The van der Waals surface area contributed by atoms with Crippen LogP contribution < -0.4 is 0 Å². The van der Waals surface area contributed by atoms with Gasteiger partial charge in [-0.15, -0.1) is 0 Å². The largest absolute Gasteiger partial charge is 0.373 e. The monoisotopic (exact) mass is 427 g/mol. The average Bonchev–Trinajstić information content (AvgIpc) is 2.78. The van der Waals surface area contributed by atoms with Gasteiger partial charge >= 0.3 is 0 Å². The second-order valence-corrected chi connectivity index (χ2v) is 9.49. The van der Waals surface area contributed by atoms with Gasteiger partial charge in [0, 0.05) is 18.7 Å². The van der Waals surface area contributed by atoms with Crippen LogP contribution in [-0.4, -0.2) is 22.8 Å². The van der Waals surface area contributed by atoms with Crippen LogP contribution in [0.25, 0.3) is 0 Å². The molecule has 0 aliphatic carbocycles. The van der Waals surface area contributed by atoms with Gasteiger partial charge in [0.15, 0.2) is 5.60 Å². The highest BCUT2D eigenvalue weighted by Crippen LogP contribution is 2.28. The van der Waals surface area contributed by atoms with Crippen LogP contribution in [0.2, 0.25) is 0 Å². The molecule has 0 bridgehead atoms. The summed E-state index contributed by atoms with van der Waals surface area (Å²) in [5.74, 6) is -0.377. The molecule has 0 saturated carbocycles. The van der Waals surface area contributed by atoms with Gasteiger partial charge < -0.3 is 5.11 Å². The zero-order chi connectivity index (χ0) is 23.4. The van der Waals surface area contributed by atoms with Crippen molar-refractivity contribution < 1.29 is 9.90 Å². The number of rotatable bonds is 8. The molecule has 3 nitrogen and oxygen atoms in total.